The molecule has 0 unspecified atom stereocenters. The maximum absolute atomic E-state index is 12.0. The lowest BCUT2D eigenvalue weighted by Crippen LogP contribution is -2.32. The van der Waals surface area contributed by atoms with Gasteiger partial charge in [-0.2, -0.15) is 0 Å². The van der Waals surface area contributed by atoms with Crippen molar-refractivity contribution in [3.63, 3.8) is 0 Å². The van der Waals surface area contributed by atoms with Crippen LogP contribution in [0.3, 0.4) is 0 Å². The molecule has 0 aliphatic rings. The summed E-state index contributed by atoms with van der Waals surface area (Å²) < 4.78 is 31.5. The summed E-state index contributed by atoms with van der Waals surface area (Å²) in [7, 11) is -3.51. The summed E-state index contributed by atoms with van der Waals surface area (Å²) in [5.41, 5.74) is 0.397. The Labute approximate surface area is 96.3 Å². The Hall–Kier alpha value is -0.880. The molecule has 1 atom stereocenters. The summed E-state index contributed by atoms with van der Waals surface area (Å²) in [5.74, 6) is 0.327. The minimum Gasteiger partial charge on any atom is -0.360 e. The molecule has 1 aromatic heterocycles. The predicted octanol–water partition coefficient (Wildman–Crippen LogP) is 1.76. The molecule has 0 aliphatic carbocycles. The van der Waals surface area contributed by atoms with E-state index in [9.17, 15) is 8.42 Å². The van der Waals surface area contributed by atoms with Gasteiger partial charge in [-0.15, -0.1) is 0 Å². The Balaban J connectivity index is 2.95. The normalized spacial score (nSPS) is 14.0. The zero-order chi connectivity index (χ0) is 12.3. The predicted molar refractivity (Wildman–Crippen MR) is 60.7 cm³/mol. The molecule has 1 rings (SSSR count). The molecule has 0 bridgehead atoms. The molecule has 0 spiro atoms. The van der Waals surface area contributed by atoms with Gasteiger partial charge < -0.3 is 4.52 Å². The van der Waals surface area contributed by atoms with Crippen LogP contribution in [0.25, 0.3) is 0 Å². The van der Waals surface area contributed by atoms with Gasteiger partial charge >= 0.3 is 0 Å². The molecule has 6 heteroatoms. The molecule has 16 heavy (non-hydrogen) atoms. The molecule has 0 aliphatic heterocycles. The number of nitrogens with zero attached hydrogens (tertiary/aromatic N) is 1. The van der Waals surface area contributed by atoms with Crippen LogP contribution in [0.1, 0.15) is 38.1 Å². The molecule has 0 saturated carbocycles. The Morgan fingerprint density at radius 2 is 2.06 bits per heavy atom. The Kier molecular flexibility index (Phi) is 4.09. The monoisotopic (exact) mass is 246 g/mol. The van der Waals surface area contributed by atoms with Crippen molar-refractivity contribution in [3.8, 4) is 0 Å². The van der Waals surface area contributed by atoms with Crippen LogP contribution >= 0.6 is 0 Å². The summed E-state index contributed by atoms with van der Waals surface area (Å²) in [6.45, 7) is 7.08. The van der Waals surface area contributed by atoms with E-state index in [1.807, 2.05) is 13.8 Å². The van der Waals surface area contributed by atoms with Crippen LogP contribution in [0, 0.1) is 13.8 Å². The second kappa shape index (κ2) is 4.97. The summed E-state index contributed by atoms with van der Waals surface area (Å²) in [4.78, 5) is 0.162. The summed E-state index contributed by atoms with van der Waals surface area (Å²) >= 11 is 0. The topological polar surface area (TPSA) is 72.2 Å². The molecular formula is C10H18N2O3S. The molecule has 1 N–H and O–H groups in total. The molecule has 92 valence electrons. The minimum absolute atomic E-state index is 0.0799. The summed E-state index contributed by atoms with van der Waals surface area (Å²) in [6.07, 6.45) is 1.74. The third-order valence-corrected chi connectivity index (χ3v) is 4.15. The minimum atomic E-state index is -3.51. The van der Waals surface area contributed by atoms with Gasteiger partial charge in [0.1, 0.15) is 10.6 Å². The molecule has 0 aromatic carbocycles. The molecule has 5 nitrogen and oxygen atoms in total. The van der Waals surface area contributed by atoms with Crippen LogP contribution in [0.15, 0.2) is 9.42 Å². The molecule has 0 radical (unpaired) electrons. The van der Waals surface area contributed by atoms with E-state index in [0.717, 1.165) is 12.8 Å². The highest BCUT2D eigenvalue weighted by atomic mass is 32.2. The van der Waals surface area contributed by atoms with Gasteiger partial charge in [-0.05, 0) is 27.2 Å². The van der Waals surface area contributed by atoms with Gasteiger partial charge in [-0.1, -0.05) is 18.5 Å². The highest BCUT2D eigenvalue weighted by Crippen LogP contribution is 2.19. The largest absolute Gasteiger partial charge is 0.360 e. The zero-order valence-corrected chi connectivity index (χ0v) is 10.9. The highest BCUT2D eigenvalue weighted by molar-refractivity contribution is 7.89. The van der Waals surface area contributed by atoms with Crippen molar-refractivity contribution in [1.29, 1.82) is 0 Å². The lowest BCUT2D eigenvalue weighted by atomic mass is 10.2. The Morgan fingerprint density at radius 3 is 2.50 bits per heavy atom. The van der Waals surface area contributed by atoms with Gasteiger partial charge in [0.25, 0.3) is 0 Å². The lowest BCUT2D eigenvalue weighted by molar-refractivity contribution is 0.390. The van der Waals surface area contributed by atoms with Crippen molar-refractivity contribution in [3.05, 3.63) is 11.5 Å². The summed E-state index contributed by atoms with van der Waals surface area (Å²) in [5, 5.41) is 3.64. The fraction of sp³-hybridized carbons (Fsp3) is 0.700. The van der Waals surface area contributed by atoms with Crippen molar-refractivity contribution in [2.24, 2.45) is 0 Å². The molecule has 0 amide bonds. The van der Waals surface area contributed by atoms with Crippen LogP contribution in [0.4, 0.5) is 0 Å². The quantitative estimate of drug-likeness (QED) is 0.859. The first kappa shape index (κ1) is 13.2. The van der Waals surface area contributed by atoms with Gasteiger partial charge in [0, 0.05) is 6.04 Å². The number of hydrogen-bond donors (Lipinski definition) is 1. The van der Waals surface area contributed by atoms with Crippen LogP contribution in [-0.2, 0) is 10.0 Å². The van der Waals surface area contributed by atoms with E-state index in [1.54, 1.807) is 13.8 Å². The number of aromatic nitrogens is 1. The van der Waals surface area contributed by atoms with Gasteiger partial charge in [-0.25, -0.2) is 13.1 Å². The second-order valence-electron chi connectivity index (χ2n) is 3.96. The average molecular weight is 246 g/mol. The number of hydrogen-bond acceptors (Lipinski definition) is 4. The molecule has 1 heterocycles. The SMILES string of the molecule is CCC[C@H](C)NS(=O)(=O)c1c(C)noc1C. The fourth-order valence-electron chi connectivity index (χ4n) is 1.67. The van der Waals surface area contributed by atoms with Crippen molar-refractivity contribution in [2.45, 2.75) is 51.5 Å². The van der Waals surface area contributed by atoms with Crippen LogP contribution in [0.5, 0.6) is 0 Å². The third kappa shape index (κ3) is 2.82. The van der Waals surface area contributed by atoms with E-state index >= 15 is 0 Å². The lowest BCUT2D eigenvalue weighted by Gasteiger charge is -2.12. The van der Waals surface area contributed by atoms with E-state index in [4.69, 9.17) is 4.52 Å². The maximum Gasteiger partial charge on any atom is 0.246 e. The van der Waals surface area contributed by atoms with Crippen molar-refractivity contribution in [2.75, 3.05) is 0 Å². The van der Waals surface area contributed by atoms with Crippen LogP contribution in [-0.4, -0.2) is 19.6 Å². The van der Waals surface area contributed by atoms with E-state index < -0.39 is 10.0 Å². The fourth-order valence-corrected chi connectivity index (χ4v) is 3.28. The number of nitrogens with one attached hydrogen (secondary N) is 1. The zero-order valence-electron chi connectivity index (χ0n) is 10.1. The molecule has 0 fully saturated rings. The molecule has 1 aromatic rings. The van der Waals surface area contributed by atoms with E-state index in [1.165, 1.54) is 0 Å². The number of aryl methyl sites for hydroxylation is 2. The van der Waals surface area contributed by atoms with Gasteiger partial charge in [0.2, 0.25) is 10.0 Å². The summed E-state index contributed by atoms with van der Waals surface area (Å²) in [6, 6.07) is -0.0799. The first-order valence-corrected chi connectivity index (χ1v) is 6.82. The van der Waals surface area contributed by atoms with E-state index in [0.29, 0.717) is 11.5 Å². The van der Waals surface area contributed by atoms with Crippen molar-refractivity contribution in [1.82, 2.24) is 9.88 Å². The second-order valence-corrected chi connectivity index (χ2v) is 5.62. The first-order chi connectivity index (χ1) is 7.38. The van der Waals surface area contributed by atoms with Crippen molar-refractivity contribution < 1.29 is 12.9 Å². The number of rotatable bonds is 5. The van der Waals surface area contributed by atoms with E-state index in [2.05, 4.69) is 9.88 Å². The van der Waals surface area contributed by atoms with E-state index in [-0.39, 0.29) is 10.9 Å². The third-order valence-electron chi connectivity index (χ3n) is 2.31. The standard InChI is InChI=1S/C10H18N2O3S/c1-5-6-7(2)12-16(13,14)10-8(3)11-15-9(10)4/h7,12H,5-6H2,1-4H3/t7-/m0/s1. The number of sulfonamides is 1. The maximum atomic E-state index is 12.0. The van der Waals surface area contributed by atoms with Crippen LogP contribution in [0.2, 0.25) is 0 Å². The molecule has 0 saturated heterocycles. The Bertz CT molecular complexity index is 431. The smallest absolute Gasteiger partial charge is 0.246 e. The Morgan fingerprint density at radius 1 is 1.44 bits per heavy atom. The average Bonchev–Trinajstić information content (AvgIpc) is 2.45. The van der Waals surface area contributed by atoms with Crippen molar-refractivity contribution >= 4 is 10.0 Å². The van der Waals surface area contributed by atoms with Gasteiger partial charge in [0.15, 0.2) is 5.76 Å². The highest BCUT2D eigenvalue weighted by Gasteiger charge is 2.25. The van der Waals surface area contributed by atoms with Gasteiger partial charge in [0.05, 0.1) is 0 Å². The van der Waals surface area contributed by atoms with Gasteiger partial charge in [-0.3, -0.25) is 0 Å². The van der Waals surface area contributed by atoms with Crippen LogP contribution < -0.4 is 4.72 Å². The molecular weight excluding hydrogens is 228 g/mol. The first-order valence-electron chi connectivity index (χ1n) is 5.33.